The summed E-state index contributed by atoms with van der Waals surface area (Å²) in [5, 5.41) is 22.1. The first kappa shape index (κ1) is 14.9. The van der Waals surface area contributed by atoms with Gasteiger partial charge in [0.15, 0.2) is 0 Å². The van der Waals surface area contributed by atoms with Gasteiger partial charge in [0, 0.05) is 12.1 Å². The number of carbonyl (C=O) groups is 1. The Morgan fingerprint density at radius 2 is 1.95 bits per heavy atom. The van der Waals surface area contributed by atoms with Gasteiger partial charge in [-0.2, -0.15) is 0 Å². The molecule has 110 valence electrons. The smallest absolute Gasteiger partial charge is 0.325 e. The van der Waals surface area contributed by atoms with Crippen LogP contribution in [0.15, 0.2) is 48.5 Å². The van der Waals surface area contributed by atoms with E-state index < -0.39 is 12.0 Å². The first-order valence-corrected chi connectivity index (χ1v) is 6.49. The molecule has 0 heterocycles. The minimum Gasteiger partial charge on any atom is -0.508 e. The SMILES string of the molecule is COc1ccc(O)c(CNC(C(=O)O)c2ccccc2)c1. The molecule has 0 spiro atoms. The number of methoxy groups -OCH3 is 1. The molecule has 0 fully saturated rings. The molecule has 0 saturated carbocycles. The summed E-state index contributed by atoms with van der Waals surface area (Å²) in [5.41, 5.74) is 1.24. The summed E-state index contributed by atoms with van der Waals surface area (Å²) in [7, 11) is 1.54. The van der Waals surface area contributed by atoms with E-state index in [1.165, 1.54) is 13.2 Å². The number of ether oxygens (including phenoxy) is 1. The number of phenolic OH excluding ortho intramolecular Hbond substituents is 1. The summed E-state index contributed by atoms with van der Waals surface area (Å²) in [4.78, 5) is 11.4. The molecule has 5 nitrogen and oxygen atoms in total. The van der Waals surface area contributed by atoms with Gasteiger partial charge >= 0.3 is 5.97 Å². The van der Waals surface area contributed by atoms with Crippen LogP contribution >= 0.6 is 0 Å². The quantitative estimate of drug-likeness (QED) is 0.760. The minimum absolute atomic E-state index is 0.0977. The number of aliphatic carboxylic acids is 1. The van der Waals surface area contributed by atoms with E-state index in [9.17, 15) is 15.0 Å². The fourth-order valence-corrected chi connectivity index (χ4v) is 2.04. The predicted octanol–water partition coefficient (Wildman–Crippen LogP) is 2.32. The lowest BCUT2D eigenvalue weighted by molar-refractivity contribution is -0.139. The molecule has 2 aromatic rings. The van der Waals surface area contributed by atoms with Gasteiger partial charge in [0.25, 0.3) is 0 Å². The number of hydrogen-bond donors (Lipinski definition) is 3. The summed E-state index contributed by atoms with van der Waals surface area (Å²) in [6.07, 6.45) is 0. The highest BCUT2D eigenvalue weighted by Crippen LogP contribution is 2.23. The highest BCUT2D eigenvalue weighted by Gasteiger charge is 2.19. The van der Waals surface area contributed by atoms with Crippen molar-refractivity contribution in [2.75, 3.05) is 7.11 Å². The summed E-state index contributed by atoms with van der Waals surface area (Å²) in [6.45, 7) is 0.217. The molecule has 0 aliphatic rings. The molecule has 2 aromatic carbocycles. The normalized spacial score (nSPS) is 11.9. The number of hydrogen-bond acceptors (Lipinski definition) is 4. The molecule has 0 saturated heterocycles. The van der Waals surface area contributed by atoms with Crippen LogP contribution in [0.3, 0.4) is 0 Å². The van der Waals surface area contributed by atoms with Crippen LogP contribution in [0.1, 0.15) is 17.2 Å². The Balaban J connectivity index is 2.14. The summed E-state index contributed by atoms with van der Waals surface area (Å²) in [5.74, 6) is -0.264. The zero-order valence-corrected chi connectivity index (χ0v) is 11.6. The van der Waals surface area contributed by atoms with Crippen molar-refractivity contribution in [3.63, 3.8) is 0 Å². The van der Waals surface area contributed by atoms with Crippen LogP contribution < -0.4 is 10.1 Å². The number of benzene rings is 2. The van der Waals surface area contributed by atoms with Gasteiger partial charge in [0.05, 0.1) is 7.11 Å². The molecule has 5 heteroatoms. The van der Waals surface area contributed by atoms with E-state index in [1.54, 1.807) is 36.4 Å². The lowest BCUT2D eigenvalue weighted by Crippen LogP contribution is -2.28. The number of carboxylic acids is 1. The van der Waals surface area contributed by atoms with Crippen LogP contribution in [0, 0.1) is 0 Å². The Morgan fingerprint density at radius 3 is 2.57 bits per heavy atom. The highest BCUT2D eigenvalue weighted by molar-refractivity contribution is 5.75. The van der Waals surface area contributed by atoms with Crippen molar-refractivity contribution >= 4 is 5.97 Å². The van der Waals surface area contributed by atoms with Crippen LogP contribution in [0.25, 0.3) is 0 Å². The molecule has 2 rings (SSSR count). The van der Waals surface area contributed by atoms with E-state index in [-0.39, 0.29) is 12.3 Å². The molecule has 1 unspecified atom stereocenters. The number of aromatic hydroxyl groups is 1. The lowest BCUT2D eigenvalue weighted by Gasteiger charge is -2.15. The van der Waals surface area contributed by atoms with Crippen molar-refractivity contribution in [1.82, 2.24) is 5.32 Å². The fourth-order valence-electron chi connectivity index (χ4n) is 2.04. The average Bonchev–Trinajstić information content (AvgIpc) is 2.50. The molecule has 1 atom stereocenters. The predicted molar refractivity (Wildman–Crippen MR) is 78.3 cm³/mol. The van der Waals surface area contributed by atoms with Gasteiger partial charge in [-0.25, -0.2) is 0 Å². The van der Waals surface area contributed by atoms with Crippen molar-refractivity contribution in [3.8, 4) is 11.5 Å². The Kier molecular flexibility index (Phi) is 4.79. The van der Waals surface area contributed by atoms with Crippen molar-refractivity contribution < 1.29 is 19.7 Å². The van der Waals surface area contributed by atoms with Crippen LogP contribution in [0.2, 0.25) is 0 Å². The zero-order chi connectivity index (χ0) is 15.2. The monoisotopic (exact) mass is 287 g/mol. The van der Waals surface area contributed by atoms with Crippen molar-refractivity contribution in [3.05, 3.63) is 59.7 Å². The Hall–Kier alpha value is -2.53. The van der Waals surface area contributed by atoms with E-state index in [0.717, 1.165) is 0 Å². The first-order valence-electron chi connectivity index (χ1n) is 6.49. The highest BCUT2D eigenvalue weighted by atomic mass is 16.5. The van der Waals surface area contributed by atoms with E-state index in [4.69, 9.17) is 4.74 Å². The molecule has 0 bridgehead atoms. The lowest BCUT2D eigenvalue weighted by atomic mass is 10.1. The average molecular weight is 287 g/mol. The van der Waals surface area contributed by atoms with Gasteiger partial charge in [-0.1, -0.05) is 30.3 Å². The molecular formula is C16H17NO4. The van der Waals surface area contributed by atoms with E-state index in [0.29, 0.717) is 16.9 Å². The third kappa shape index (κ3) is 3.73. The van der Waals surface area contributed by atoms with Crippen molar-refractivity contribution in [2.45, 2.75) is 12.6 Å². The van der Waals surface area contributed by atoms with Crippen molar-refractivity contribution in [2.24, 2.45) is 0 Å². The maximum Gasteiger partial charge on any atom is 0.325 e. The standard InChI is InChI=1S/C16H17NO4/c1-21-13-7-8-14(18)12(9-13)10-17-15(16(19)20)11-5-3-2-4-6-11/h2-9,15,17-18H,10H2,1H3,(H,19,20). The third-order valence-electron chi connectivity index (χ3n) is 3.16. The van der Waals surface area contributed by atoms with Gasteiger partial charge in [0.1, 0.15) is 17.5 Å². The fraction of sp³-hybridized carbons (Fsp3) is 0.188. The van der Waals surface area contributed by atoms with E-state index in [1.807, 2.05) is 6.07 Å². The molecular weight excluding hydrogens is 270 g/mol. The number of carboxylic acid groups (broad SMARTS) is 1. The van der Waals surface area contributed by atoms with Crippen LogP contribution in [-0.2, 0) is 11.3 Å². The molecule has 3 N–H and O–H groups in total. The maximum absolute atomic E-state index is 11.4. The molecule has 21 heavy (non-hydrogen) atoms. The Labute approximate surface area is 122 Å². The summed E-state index contributed by atoms with van der Waals surface area (Å²) < 4.78 is 5.09. The van der Waals surface area contributed by atoms with Gasteiger partial charge in [0.2, 0.25) is 0 Å². The topological polar surface area (TPSA) is 78.8 Å². The van der Waals surface area contributed by atoms with E-state index >= 15 is 0 Å². The Morgan fingerprint density at radius 1 is 1.24 bits per heavy atom. The zero-order valence-electron chi connectivity index (χ0n) is 11.6. The first-order chi connectivity index (χ1) is 10.1. The second-order valence-corrected chi connectivity index (χ2v) is 4.56. The molecule has 0 aliphatic carbocycles. The van der Waals surface area contributed by atoms with Crippen LogP contribution in [-0.4, -0.2) is 23.3 Å². The Bertz CT molecular complexity index is 613. The van der Waals surface area contributed by atoms with Gasteiger partial charge in [-0.05, 0) is 23.8 Å². The van der Waals surface area contributed by atoms with Crippen LogP contribution in [0.4, 0.5) is 0 Å². The summed E-state index contributed by atoms with van der Waals surface area (Å²) >= 11 is 0. The maximum atomic E-state index is 11.4. The summed E-state index contributed by atoms with van der Waals surface area (Å²) in [6, 6.07) is 12.9. The number of rotatable bonds is 6. The molecule has 0 amide bonds. The van der Waals surface area contributed by atoms with Gasteiger partial charge in [-0.3, -0.25) is 10.1 Å². The third-order valence-corrected chi connectivity index (χ3v) is 3.16. The van der Waals surface area contributed by atoms with Crippen LogP contribution in [0.5, 0.6) is 11.5 Å². The largest absolute Gasteiger partial charge is 0.508 e. The van der Waals surface area contributed by atoms with Crippen molar-refractivity contribution in [1.29, 1.82) is 0 Å². The molecule has 0 radical (unpaired) electrons. The van der Waals surface area contributed by atoms with Gasteiger partial charge in [-0.15, -0.1) is 0 Å². The van der Waals surface area contributed by atoms with E-state index in [2.05, 4.69) is 5.32 Å². The number of phenols is 1. The van der Waals surface area contributed by atoms with Gasteiger partial charge < -0.3 is 14.9 Å². The second kappa shape index (κ2) is 6.76. The molecule has 0 aromatic heterocycles. The number of nitrogens with one attached hydrogen (secondary N) is 1. The second-order valence-electron chi connectivity index (χ2n) is 4.56. The minimum atomic E-state index is -0.969. The molecule has 0 aliphatic heterocycles.